The first-order chi connectivity index (χ1) is 14.5. The molecule has 0 saturated carbocycles. The Bertz CT molecular complexity index is 1060. The molecule has 0 aliphatic carbocycles. The van der Waals surface area contributed by atoms with Gasteiger partial charge in [-0.2, -0.15) is 0 Å². The lowest BCUT2D eigenvalue weighted by Crippen LogP contribution is -2.47. The van der Waals surface area contributed by atoms with Crippen molar-refractivity contribution >= 4 is 28.5 Å². The van der Waals surface area contributed by atoms with Gasteiger partial charge in [0.05, 0.1) is 23.5 Å². The highest BCUT2D eigenvalue weighted by molar-refractivity contribution is 6.02. The van der Waals surface area contributed by atoms with Gasteiger partial charge in [0.2, 0.25) is 0 Å². The smallest absolute Gasteiger partial charge is 0.198 e. The Balaban J connectivity index is 1.48. The molecule has 1 aliphatic heterocycles. The van der Waals surface area contributed by atoms with Crippen molar-refractivity contribution in [2.24, 2.45) is 4.99 Å². The fraction of sp³-hybridized carbons (Fsp3) is 0.318. The van der Waals surface area contributed by atoms with E-state index >= 15 is 0 Å². The van der Waals surface area contributed by atoms with Crippen LogP contribution in [-0.2, 0) is 4.74 Å². The molecular weight excluding hydrogens is 390 g/mol. The molecule has 6 nitrogen and oxygen atoms in total. The van der Waals surface area contributed by atoms with Crippen LogP contribution in [0.15, 0.2) is 41.4 Å². The molecule has 0 spiro atoms. The van der Waals surface area contributed by atoms with Gasteiger partial charge in [-0.25, -0.2) is 8.78 Å². The minimum absolute atomic E-state index is 0.109. The fourth-order valence-electron chi connectivity index (χ4n) is 3.71. The molecule has 1 saturated heterocycles. The predicted octanol–water partition coefficient (Wildman–Crippen LogP) is 3.67. The molecule has 1 aromatic heterocycles. The Morgan fingerprint density at radius 3 is 2.67 bits per heavy atom. The van der Waals surface area contributed by atoms with Crippen molar-refractivity contribution in [1.82, 2.24) is 9.88 Å². The average Bonchev–Trinajstić information content (AvgIpc) is 3.05. The summed E-state index contributed by atoms with van der Waals surface area (Å²) in [5, 5.41) is 10.6. The molecule has 1 fully saturated rings. The number of nitrogens with one attached hydrogen (secondary N) is 1. The number of anilines is 1. The third-order valence-corrected chi connectivity index (χ3v) is 5.38. The summed E-state index contributed by atoms with van der Waals surface area (Å²) in [4.78, 5) is 11.4. The van der Waals surface area contributed by atoms with Crippen LogP contribution in [0.5, 0.6) is 5.88 Å². The zero-order chi connectivity index (χ0) is 21.1. The second-order valence-electron chi connectivity index (χ2n) is 7.29. The lowest BCUT2D eigenvalue weighted by atomic mass is 10.2. The van der Waals surface area contributed by atoms with Gasteiger partial charge in [0, 0.05) is 63.0 Å². The highest BCUT2D eigenvalue weighted by atomic mass is 19.1. The van der Waals surface area contributed by atoms with Crippen LogP contribution >= 0.6 is 0 Å². The topological polar surface area (TPSA) is 64.1 Å². The summed E-state index contributed by atoms with van der Waals surface area (Å²) in [7, 11) is 1.69. The van der Waals surface area contributed by atoms with E-state index in [4.69, 9.17) is 4.74 Å². The lowest BCUT2D eigenvalue weighted by Gasteiger charge is -2.36. The van der Waals surface area contributed by atoms with Crippen molar-refractivity contribution in [2.75, 3.05) is 51.3 Å². The molecule has 2 N–H and O–H groups in total. The summed E-state index contributed by atoms with van der Waals surface area (Å²) in [5.41, 5.74) is 1.93. The van der Waals surface area contributed by atoms with Gasteiger partial charge < -0.3 is 19.7 Å². The van der Waals surface area contributed by atoms with E-state index in [1.807, 2.05) is 4.90 Å². The molecule has 0 amide bonds. The number of methoxy groups -OCH3 is 1. The van der Waals surface area contributed by atoms with Crippen LogP contribution in [0.3, 0.4) is 0 Å². The van der Waals surface area contributed by atoms with E-state index in [1.165, 1.54) is 24.4 Å². The van der Waals surface area contributed by atoms with E-state index < -0.39 is 5.82 Å². The summed E-state index contributed by atoms with van der Waals surface area (Å²) in [6, 6.07) is 9.01. The number of fused-ring (bicyclic) bond motifs is 1. The van der Waals surface area contributed by atoms with Crippen LogP contribution in [0.2, 0.25) is 0 Å². The molecule has 0 bridgehead atoms. The number of ether oxygens (including phenoxy) is 1. The van der Waals surface area contributed by atoms with Crippen molar-refractivity contribution in [3.8, 4) is 5.88 Å². The number of aromatic amines is 1. The first kappa shape index (κ1) is 20.3. The van der Waals surface area contributed by atoms with E-state index in [0.29, 0.717) is 34.4 Å². The van der Waals surface area contributed by atoms with Gasteiger partial charge in [-0.05, 0) is 30.3 Å². The van der Waals surface area contributed by atoms with E-state index in [9.17, 15) is 13.9 Å². The van der Waals surface area contributed by atoms with E-state index in [-0.39, 0.29) is 11.7 Å². The summed E-state index contributed by atoms with van der Waals surface area (Å²) >= 11 is 0. The van der Waals surface area contributed by atoms with Crippen molar-refractivity contribution in [1.29, 1.82) is 0 Å². The first-order valence-electron chi connectivity index (χ1n) is 9.85. The zero-order valence-corrected chi connectivity index (χ0v) is 16.7. The van der Waals surface area contributed by atoms with Crippen molar-refractivity contribution in [2.45, 2.75) is 0 Å². The van der Waals surface area contributed by atoms with Gasteiger partial charge in [-0.1, -0.05) is 0 Å². The van der Waals surface area contributed by atoms with E-state index in [0.717, 1.165) is 32.7 Å². The molecule has 2 heterocycles. The van der Waals surface area contributed by atoms with Crippen LogP contribution in [0.25, 0.3) is 10.9 Å². The van der Waals surface area contributed by atoms with Crippen LogP contribution in [0.1, 0.15) is 5.56 Å². The maximum atomic E-state index is 14.7. The van der Waals surface area contributed by atoms with Crippen LogP contribution in [0, 0.1) is 11.6 Å². The minimum atomic E-state index is -0.408. The Morgan fingerprint density at radius 1 is 1.13 bits per heavy atom. The summed E-state index contributed by atoms with van der Waals surface area (Å²) < 4.78 is 33.4. The molecule has 0 unspecified atom stereocenters. The molecule has 0 radical (unpaired) electrons. The highest BCUT2D eigenvalue weighted by Gasteiger charge is 2.19. The number of halogens is 2. The van der Waals surface area contributed by atoms with Gasteiger partial charge in [-0.3, -0.25) is 9.89 Å². The average molecular weight is 414 g/mol. The third kappa shape index (κ3) is 4.29. The Kier molecular flexibility index (Phi) is 5.96. The number of nitrogens with zero attached hydrogens (tertiary/aromatic N) is 3. The van der Waals surface area contributed by atoms with Crippen LogP contribution in [0.4, 0.5) is 20.2 Å². The van der Waals surface area contributed by atoms with Crippen molar-refractivity contribution < 1.29 is 18.6 Å². The molecule has 4 rings (SSSR count). The molecule has 2 aromatic carbocycles. The maximum absolute atomic E-state index is 14.7. The molecule has 8 heteroatoms. The summed E-state index contributed by atoms with van der Waals surface area (Å²) in [6.45, 7) is 4.79. The number of piperazine rings is 1. The van der Waals surface area contributed by atoms with E-state index in [1.54, 1.807) is 25.3 Å². The molecule has 30 heavy (non-hydrogen) atoms. The third-order valence-electron chi connectivity index (χ3n) is 5.38. The summed E-state index contributed by atoms with van der Waals surface area (Å²) in [5.74, 6) is -0.860. The maximum Gasteiger partial charge on any atom is 0.198 e. The number of rotatable bonds is 6. The van der Waals surface area contributed by atoms with Crippen molar-refractivity contribution in [3.05, 3.63) is 53.6 Å². The number of aliphatic imine (C=N–C) groups is 1. The van der Waals surface area contributed by atoms with E-state index in [2.05, 4.69) is 14.9 Å². The number of aromatic nitrogens is 1. The van der Waals surface area contributed by atoms with Gasteiger partial charge in [-0.15, -0.1) is 0 Å². The second-order valence-corrected chi connectivity index (χ2v) is 7.29. The zero-order valence-electron chi connectivity index (χ0n) is 16.7. The van der Waals surface area contributed by atoms with Gasteiger partial charge in [0.15, 0.2) is 5.88 Å². The monoisotopic (exact) mass is 414 g/mol. The fourth-order valence-corrected chi connectivity index (χ4v) is 3.71. The SMILES string of the molecule is COCCN1CCN(c2ccc(N=Cc3c(O)[nH]c4ccc(F)cc34)cc2F)CC1. The molecule has 158 valence electrons. The highest BCUT2D eigenvalue weighted by Crippen LogP contribution is 2.28. The second kappa shape index (κ2) is 8.81. The Morgan fingerprint density at radius 2 is 1.93 bits per heavy atom. The standard InChI is InChI=1S/C22H24F2N4O2/c1-30-11-10-27-6-8-28(9-7-27)21-5-3-16(13-19(21)24)25-14-18-17-12-15(23)2-4-20(17)26-22(18)29/h2-5,12-14,26,29H,6-11H2,1H3. The summed E-state index contributed by atoms with van der Waals surface area (Å²) in [6.07, 6.45) is 1.41. The lowest BCUT2D eigenvalue weighted by molar-refractivity contribution is 0.144. The largest absolute Gasteiger partial charge is 0.494 e. The molecule has 3 aromatic rings. The van der Waals surface area contributed by atoms with Gasteiger partial charge in [0.1, 0.15) is 11.6 Å². The van der Waals surface area contributed by atoms with Crippen LogP contribution in [-0.4, -0.2) is 67.6 Å². The quantitative estimate of drug-likeness (QED) is 0.604. The Hall–Kier alpha value is -2.97. The van der Waals surface area contributed by atoms with Gasteiger partial charge in [0.25, 0.3) is 0 Å². The predicted molar refractivity (Wildman–Crippen MR) is 114 cm³/mol. The number of benzene rings is 2. The molecule has 0 atom stereocenters. The Labute approximate surface area is 173 Å². The number of H-pyrrole nitrogens is 1. The van der Waals surface area contributed by atoms with Gasteiger partial charge >= 0.3 is 0 Å². The number of hydrogen-bond acceptors (Lipinski definition) is 5. The molecule has 1 aliphatic rings. The number of hydrogen-bond donors (Lipinski definition) is 2. The number of aromatic hydroxyl groups is 1. The van der Waals surface area contributed by atoms with Crippen molar-refractivity contribution in [3.63, 3.8) is 0 Å². The normalized spacial score (nSPS) is 15.5. The minimum Gasteiger partial charge on any atom is -0.494 e. The first-order valence-corrected chi connectivity index (χ1v) is 9.85. The van der Waals surface area contributed by atoms with Crippen LogP contribution < -0.4 is 4.90 Å². The molecular formula is C22H24F2N4O2.